The average molecular weight is 246 g/mol. The second-order valence-electron chi connectivity index (χ2n) is 4.55. The van der Waals surface area contributed by atoms with Gasteiger partial charge in [0.2, 0.25) is 5.43 Å². The van der Waals surface area contributed by atoms with Crippen LogP contribution in [-0.4, -0.2) is 9.61 Å². The van der Waals surface area contributed by atoms with E-state index in [2.05, 4.69) is 17.2 Å². The third-order valence-corrected chi connectivity index (χ3v) is 3.43. The molecule has 0 amide bonds. The highest BCUT2D eigenvalue weighted by Crippen LogP contribution is 2.27. The van der Waals surface area contributed by atoms with Gasteiger partial charge in [-0.2, -0.15) is 5.10 Å². The van der Waals surface area contributed by atoms with Gasteiger partial charge in [-0.3, -0.25) is 4.79 Å². The van der Waals surface area contributed by atoms with Crippen LogP contribution in [0.4, 0.5) is 0 Å². The third kappa shape index (κ3) is 1.38. The maximum absolute atomic E-state index is 11.6. The first-order valence-electron chi connectivity index (χ1n) is 6.13. The van der Waals surface area contributed by atoms with Crippen LogP contribution >= 0.6 is 0 Å². The van der Waals surface area contributed by atoms with Gasteiger partial charge < -0.3 is 0 Å². The van der Waals surface area contributed by atoms with Crippen molar-refractivity contribution in [2.75, 3.05) is 0 Å². The van der Waals surface area contributed by atoms with Gasteiger partial charge in [0.15, 0.2) is 0 Å². The van der Waals surface area contributed by atoms with Crippen molar-refractivity contribution in [3.63, 3.8) is 0 Å². The lowest BCUT2D eigenvalue weighted by Gasteiger charge is -2.09. The van der Waals surface area contributed by atoms with Gasteiger partial charge in [0.1, 0.15) is 0 Å². The Morgan fingerprint density at radius 2 is 1.42 bits per heavy atom. The summed E-state index contributed by atoms with van der Waals surface area (Å²) in [5.41, 5.74) is 1.79. The Labute approximate surface area is 108 Å². The Kier molecular flexibility index (Phi) is 1.97. The predicted octanol–water partition coefficient (Wildman–Crippen LogP) is 3.00. The van der Waals surface area contributed by atoms with Crippen molar-refractivity contribution in [1.82, 2.24) is 9.61 Å². The summed E-state index contributed by atoms with van der Waals surface area (Å²) in [4.78, 5) is 11.6. The van der Waals surface area contributed by atoms with Crippen molar-refractivity contribution in [3.8, 4) is 0 Å². The van der Waals surface area contributed by atoms with Gasteiger partial charge in [0, 0.05) is 16.8 Å². The van der Waals surface area contributed by atoms with E-state index in [1.165, 1.54) is 6.20 Å². The number of hydrogen-bond acceptors (Lipinski definition) is 2. The molecule has 2 aromatic heterocycles. The molecule has 90 valence electrons. The van der Waals surface area contributed by atoms with Gasteiger partial charge in [0.25, 0.3) is 0 Å². The Morgan fingerprint density at radius 3 is 2.21 bits per heavy atom. The Bertz CT molecular complexity index is 951. The summed E-state index contributed by atoms with van der Waals surface area (Å²) in [7, 11) is 0. The van der Waals surface area contributed by atoms with Gasteiger partial charge in [-0.15, -0.1) is 0 Å². The minimum atomic E-state index is -0.0690. The molecule has 0 fully saturated rings. The molecule has 0 spiro atoms. The van der Waals surface area contributed by atoms with E-state index in [0.29, 0.717) is 0 Å². The van der Waals surface area contributed by atoms with Gasteiger partial charge in [-0.05, 0) is 11.5 Å². The molecule has 19 heavy (non-hydrogen) atoms. The minimum Gasteiger partial charge on any atom is -0.288 e. The molecule has 0 aliphatic carbocycles. The number of pyridine rings is 1. The van der Waals surface area contributed by atoms with Crippen LogP contribution in [0.5, 0.6) is 0 Å². The van der Waals surface area contributed by atoms with Gasteiger partial charge in [0.05, 0.1) is 17.2 Å². The molecular formula is C16H10N2O. The minimum absolute atomic E-state index is 0.0690. The Morgan fingerprint density at radius 1 is 0.789 bits per heavy atom. The van der Waals surface area contributed by atoms with Crippen molar-refractivity contribution in [1.29, 1.82) is 0 Å². The fraction of sp³-hybridized carbons (Fsp3) is 0. The quantitative estimate of drug-likeness (QED) is 0.447. The van der Waals surface area contributed by atoms with Crippen LogP contribution < -0.4 is 5.43 Å². The van der Waals surface area contributed by atoms with Crippen molar-refractivity contribution < 1.29 is 0 Å². The molecule has 0 aliphatic rings. The fourth-order valence-corrected chi connectivity index (χ4v) is 2.62. The van der Waals surface area contributed by atoms with Crippen LogP contribution in [0.3, 0.4) is 0 Å². The molecule has 4 aromatic rings. The maximum atomic E-state index is 11.6. The van der Waals surface area contributed by atoms with Gasteiger partial charge in [-0.1, -0.05) is 42.5 Å². The van der Waals surface area contributed by atoms with E-state index in [-0.39, 0.29) is 5.43 Å². The monoisotopic (exact) mass is 246 g/mol. The SMILES string of the molecule is O=c1cnn2c3ccccc3c3ccccc3c2c1. The number of rotatable bonds is 0. The zero-order chi connectivity index (χ0) is 12.8. The first-order chi connectivity index (χ1) is 9.34. The topological polar surface area (TPSA) is 34.4 Å². The zero-order valence-corrected chi connectivity index (χ0v) is 10.1. The van der Waals surface area contributed by atoms with Crippen molar-refractivity contribution in [3.05, 3.63) is 71.0 Å². The Balaban J connectivity index is 2.47. The molecule has 4 rings (SSSR count). The molecular weight excluding hydrogens is 236 g/mol. The lowest BCUT2D eigenvalue weighted by atomic mass is 10.0. The number of para-hydroxylation sites is 1. The molecule has 0 aliphatic heterocycles. The number of nitrogens with zero attached hydrogens (tertiary/aromatic N) is 2. The lowest BCUT2D eigenvalue weighted by Crippen LogP contribution is -2.06. The third-order valence-electron chi connectivity index (χ3n) is 3.43. The highest BCUT2D eigenvalue weighted by molar-refractivity contribution is 6.12. The smallest absolute Gasteiger partial charge is 0.200 e. The summed E-state index contributed by atoms with van der Waals surface area (Å²) in [5.74, 6) is 0. The first-order valence-corrected chi connectivity index (χ1v) is 6.13. The number of aromatic nitrogens is 2. The first kappa shape index (κ1) is 10.3. The Hall–Kier alpha value is -2.68. The summed E-state index contributed by atoms with van der Waals surface area (Å²) in [6.45, 7) is 0. The molecule has 0 radical (unpaired) electrons. The molecule has 3 nitrogen and oxygen atoms in total. The second-order valence-corrected chi connectivity index (χ2v) is 4.55. The van der Waals surface area contributed by atoms with Crippen molar-refractivity contribution >= 4 is 27.2 Å². The molecule has 3 heteroatoms. The van der Waals surface area contributed by atoms with E-state index in [0.717, 1.165) is 27.2 Å². The fourth-order valence-electron chi connectivity index (χ4n) is 2.62. The van der Waals surface area contributed by atoms with E-state index in [1.807, 2.05) is 40.9 Å². The standard InChI is InChI=1S/C16H10N2O/c19-11-9-16-14-7-2-1-5-12(14)13-6-3-4-8-15(13)18(16)17-10-11/h1-10H. The van der Waals surface area contributed by atoms with Crippen LogP contribution in [0.2, 0.25) is 0 Å². The van der Waals surface area contributed by atoms with E-state index >= 15 is 0 Å². The number of fused-ring (bicyclic) bond motifs is 6. The van der Waals surface area contributed by atoms with Crippen molar-refractivity contribution in [2.24, 2.45) is 0 Å². The molecule has 0 saturated heterocycles. The second kappa shape index (κ2) is 3.65. The zero-order valence-electron chi connectivity index (χ0n) is 10.1. The van der Waals surface area contributed by atoms with Gasteiger partial charge in [-0.25, -0.2) is 4.52 Å². The van der Waals surface area contributed by atoms with E-state index in [9.17, 15) is 4.79 Å². The van der Waals surface area contributed by atoms with Crippen LogP contribution in [-0.2, 0) is 0 Å². The number of hydrogen-bond donors (Lipinski definition) is 0. The highest BCUT2D eigenvalue weighted by Gasteiger charge is 2.07. The summed E-state index contributed by atoms with van der Waals surface area (Å²) in [6.07, 6.45) is 1.36. The molecule has 0 bridgehead atoms. The molecule has 0 unspecified atom stereocenters. The normalized spacial score (nSPS) is 11.4. The van der Waals surface area contributed by atoms with Crippen LogP contribution in [0.25, 0.3) is 27.2 Å². The van der Waals surface area contributed by atoms with E-state index in [1.54, 1.807) is 6.07 Å². The predicted molar refractivity (Wildman–Crippen MR) is 76.5 cm³/mol. The average Bonchev–Trinajstić information content (AvgIpc) is 2.47. The lowest BCUT2D eigenvalue weighted by molar-refractivity contribution is 0.961. The van der Waals surface area contributed by atoms with Gasteiger partial charge >= 0.3 is 0 Å². The number of benzene rings is 2. The van der Waals surface area contributed by atoms with Crippen LogP contribution in [0.1, 0.15) is 0 Å². The maximum Gasteiger partial charge on any atom is 0.200 e. The van der Waals surface area contributed by atoms with E-state index in [4.69, 9.17) is 0 Å². The summed E-state index contributed by atoms with van der Waals surface area (Å²) in [6, 6.07) is 17.8. The van der Waals surface area contributed by atoms with E-state index < -0.39 is 0 Å². The molecule has 2 heterocycles. The summed E-state index contributed by atoms with van der Waals surface area (Å²) >= 11 is 0. The molecule has 2 aromatic carbocycles. The van der Waals surface area contributed by atoms with Crippen LogP contribution in [0.15, 0.2) is 65.6 Å². The summed E-state index contributed by atoms with van der Waals surface area (Å²) < 4.78 is 1.83. The van der Waals surface area contributed by atoms with Crippen LogP contribution in [0, 0.1) is 0 Å². The molecule has 0 atom stereocenters. The molecule has 0 N–H and O–H groups in total. The molecule has 0 saturated carbocycles. The van der Waals surface area contributed by atoms with Crippen molar-refractivity contribution in [2.45, 2.75) is 0 Å². The summed E-state index contributed by atoms with van der Waals surface area (Å²) in [5, 5.41) is 7.60. The highest BCUT2D eigenvalue weighted by atomic mass is 16.1. The largest absolute Gasteiger partial charge is 0.288 e.